The van der Waals surface area contributed by atoms with E-state index in [1.165, 1.54) is 26.2 Å². The lowest BCUT2D eigenvalue weighted by Crippen LogP contribution is -2.42. The average molecular weight is 606 g/mol. The third-order valence-electron chi connectivity index (χ3n) is 9.50. The van der Waals surface area contributed by atoms with Crippen molar-refractivity contribution in [3.8, 4) is 0 Å². The molecule has 2 unspecified atom stereocenters. The Morgan fingerprint density at radius 2 is 1.68 bits per heavy atom. The molecule has 2 aromatic carbocycles. The van der Waals surface area contributed by atoms with Crippen LogP contribution >= 0.6 is 0 Å². The van der Waals surface area contributed by atoms with E-state index in [4.69, 9.17) is 9.47 Å². The highest BCUT2D eigenvalue weighted by Gasteiger charge is 2.50. The van der Waals surface area contributed by atoms with Gasteiger partial charge >= 0.3 is 0 Å². The van der Waals surface area contributed by atoms with E-state index in [1.807, 2.05) is 36.4 Å². The first-order chi connectivity index (χ1) is 21.0. The number of anilines is 1. The van der Waals surface area contributed by atoms with Gasteiger partial charge in [-0.05, 0) is 66.2 Å². The van der Waals surface area contributed by atoms with Crippen LogP contribution in [-0.4, -0.2) is 53.6 Å². The Labute approximate surface area is 262 Å². The third-order valence-corrected chi connectivity index (χ3v) is 9.50. The van der Waals surface area contributed by atoms with Gasteiger partial charge in [-0.3, -0.25) is 14.5 Å². The number of rotatable bonds is 12. The number of fused-ring (bicyclic) bond motifs is 2. The molecule has 3 aliphatic rings. The highest BCUT2D eigenvalue weighted by atomic mass is 16.7. The fourth-order valence-electron chi connectivity index (χ4n) is 7.88. The van der Waals surface area contributed by atoms with Gasteiger partial charge in [0.1, 0.15) is 0 Å². The lowest BCUT2D eigenvalue weighted by molar-refractivity contribution is -0.253. The summed E-state index contributed by atoms with van der Waals surface area (Å²) in [5.41, 5.74) is 4.39. The number of carbonyl (C=O) groups is 2. The van der Waals surface area contributed by atoms with Gasteiger partial charge in [0.05, 0.1) is 18.8 Å². The van der Waals surface area contributed by atoms with Crippen molar-refractivity contribution in [2.45, 2.75) is 110 Å². The number of nitrogens with zero attached hydrogens (tertiary/aromatic N) is 1. The molecular weight excluding hydrogens is 554 g/mol. The number of nitrogens with one attached hydrogen (secondary N) is 2. The Bertz CT molecular complexity index is 1260. The molecule has 0 radical (unpaired) electrons. The van der Waals surface area contributed by atoms with Crippen molar-refractivity contribution in [2.24, 2.45) is 10.8 Å². The molecule has 5 atom stereocenters. The van der Waals surface area contributed by atoms with E-state index >= 15 is 0 Å². The van der Waals surface area contributed by atoms with Crippen molar-refractivity contribution in [1.82, 2.24) is 10.2 Å². The summed E-state index contributed by atoms with van der Waals surface area (Å²) in [6.07, 6.45) is 6.91. The number of unbranched alkanes of at least 4 members (excludes halogenated alkanes) is 2. The molecule has 2 amide bonds. The SMILES string of the molecule is CC(=O)NCCCCCC(=O)Nc1ccc([C@@H]2O[C@H](CN3CC4(C)CC3CC(C)(C)C4)C[C@H](c3ccc(CO)cc3)O2)cc1. The average Bonchev–Trinajstić information content (AvgIpc) is 3.21. The van der Waals surface area contributed by atoms with E-state index in [0.29, 0.717) is 29.8 Å². The Balaban J connectivity index is 1.22. The molecule has 0 aromatic heterocycles. The maximum Gasteiger partial charge on any atom is 0.224 e. The van der Waals surface area contributed by atoms with Gasteiger partial charge < -0.3 is 25.2 Å². The molecule has 1 aliphatic carbocycles. The standard InChI is InChI=1S/C36H51N3O5/c1-25(41)37-17-7-5-6-8-33(42)38-29-15-13-28(14-16-29)34-43-31(18-32(44-34)27-11-9-26(22-40)10-12-27)21-39-24-36(4)20-30(39)19-35(2,3)23-36/h9-16,30-32,34,40H,5-8,17-24H2,1-4H3,(H,37,41)(H,38,42)/t30?,31-,32+,34+,36?/m0/s1. The minimum Gasteiger partial charge on any atom is -0.392 e. The van der Waals surface area contributed by atoms with Crippen LogP contribution in [0, 0.1) is 10.8 Å². The smallest absolute Gasteiger partial charge is 0.224 e. The molecule has 1 saturated carbocycles. The van der Waals surface area contributed by atoms with Crippen LogP contribution in [0.15, 0.2) is 48.5 Å². The van der Waals surface area contributed by atoms with Crippen LogP contribution in [0.25, 0.3) is 0 Å². The Morgan fingerprint density at radius 3 is 2.39 bits per heavy atom. The highest BCUT2D eigenvalue weighted by Crippen LogP contribution is 2.53. The van der Waals surface area contributed by atoms with E-state index < -0.39 is 6.29 Å². The van der Waals surface area contributed by atoms with Gasteiger partial charge in [0.15, 0.2) is 6.29 Å². The Morgan fingerprint density at radius 1 is 0.955 bits per heavy atom. The second kappa shape index (κ2) is 14.1. The molecule has 0 spiro atoms. The van der Waals surface area contributed by atoms with E-state index in [1.54, 1.807) is 0 Å². The first-order valence-corrected chi connectivity index (χ1v) is 16.4. The van der Waals surface area contributed by atoms with Crippen molar-refractivity contribution in [3.05, 3.63) is 65.2 Å². The summed E-state index contributed by atoms with van der Waals surface area (Å²) in [6, 6.07) is 16.4. The van der Waals surface area contributed by atoms with Crippen LogP contribution in [0.2, 0.25) is 0 Å². The Hall–Kier alpha value is -2.78. The minimum absolute atomic E-state index is 0.0124. The van der Waals surface area contributed by atoms with E-state index in [-0.39, 0.29) is 30.6 Å². The zero-order valence-electron chi connectivity index (χ0n) is 26.9. The van der Waals surface area contributed by atoms with E-state index in [0.717, 1.165) is 61.2 Å². The summed E-state index contributed by atoms with van der Waals surface area (Å²) in [5.74, 6) is -0.0353. The molecule has 2 bridgehead atoms. The van der Waals surface area contributed by atoms with Gasteiger partial charge in [0.2, 0.25) is 11.8 Å². The molecule has 3 fully saturated rings. The molecule has 8 heteroatoms. The van der Waals surface area contributed by atoms with Crippen molar-refractivity contribution in [1.29, 1.82) is 0 Å². The first-order valence-electron chi connectivity index (χ1n) is 16.4. The molecule has 3 N–H and O–H groups in total. The largest absolute Gasteiger partial charge is 0.392 e. The summed E-state index contributed by atoms with van der Waals surface area (Å²) in [6.45, 7) is 11.5. The molecule has 2 heterocycles. The number of ether oxygens (including phenoxy) is 2. The zero-order valence-corrected chi connectivity index (χ0v) is 26.9. The first kappa shape index (κ1) is 32.6. The second-order valence-electron chi connectivity index (χ2n) is 14.5. The lowest BCUT2D eigenvalue weighted by atomic mass is 9.65. The molecule has 240 valence electrons. The normalized spacial score (nSPS) is 28.0. The number of benzene rings is 2. The predicted octanol–water partition coefficient (Wildman–Crippen LogP) is 6.26. The molecule has 2 saturated heterocycles. The fraction of sp³-hybridized carbons (Fsp3) is 0.611. The molecular formula is C36H51N3O5. The van der Waals surface area contributed by atoms with Crippen LogP contribution in [0.1, 0.15) is 108 Å². The number of hydrogen-bond donors (Lipinski definition) is 3. The van der Waals surface area contributed by atoms with Crippen LogP contribution < -0.4 is 10.6 Å². The number of hydrogen-bond acceptors (Lipinski definition) is 6. The molecule has 2 aliphatic heterocycles. The van der Waals surface area contributed by atoms with Crippen LogP contribution in [0.3, 0.4) is 0 Å². The monoisotopic (exact) mass is 605 g/mol. The number of likely N-dealkylation sites (tertiary alicyclic amines) is 1. The van der Waals surface area contributed by atoms with Gasteiger partial charge in [-0.2, -0.15) is 0 Å². The number of aliphatic hydroxyl groups excluding tert-OH is 1. The van der Waals surface area contributed by atoms with E-state index in [9.17, 15) is 14.7 Å². The van der Waals surface area contributed by atoms with E-state index in [2.05, 4.69) is 48.4 Å². The number of aliphatic hydroxyl groups is 1. The van der Waals surface area contributed by atoms with Gasteiger partial charge in [-0.25, -0.2) is 0 Å². The van der Waals surface area contributed by atoms with Gasteiger partial charge in [0, 0.05) is 56.7 Å². The lowest BCUT2D eigenvalue weighted by Gasteiger charge is -2.41. The zero-order chi connectivity index (χ0) is 31.3. The van der Waals surface area contributed by atoms with Gasteiger partial charge in [0.25, 0.3) is 0 Å². The maximum atomic E-state index is 12.5. The predicted molar refractivity (Wildman–Crippen MR) is 172 cm³/mol. The van der Waals surface area contributed by atoms with Crippen LogP contribution in [-0.2, 0) is 25.7 Å². The molecule has 44 heavy (non-hydrogen) atoms. The number of carbonyl (C=O) groups excluding carboxylic acids is 2. The van der Waals surface area contributed by atoms with Crippen LogP contribution in [0.4, 0.5) is 5.69 Å². The maximum absolute atomic E-state index is 12.5. The molecule has 5 rings (SSSR count). The second-order valence-corrected chi connectivity index (χ2v) is 14.5. The number of amides is 2. The van der Waals surface area contributed by atoms with Crippen molar-refractivity contribution < 1.29 is 24.2 Å². The fourth-order valence-corrected chi connectivity index (χ4v) is 7.88. The highest BCUT2D eigenvalue weighted by molar-refractivity contribution is 5.90. The summed E-state index contributed by atoms with van der Waals surface area (Å²) in [5, 5.41) is 15.3. The summed E-state index contributed by atoms with van der Waals surface area (Å²) < 4.78 is 13.2. The van der Waals surface area contributed by atoms with Crippen molar-refractivity contribution in [2.75, 3.05) is 25.0 Å². The quantitative estimate of drug-likeness (QED) is 0.247. The summed E-state index contributed by atoms with van der Waals surface area (Å²) >= 11 is 0. The van der Waals surface area contributed by atoms with Gasteiger partial charge in [-0.15, -0.1) is 0 Å². The van der Waals surface area contributed by atoms with Crippen molar-refractivity contribution in [3.63, 3.8) is 0 Å². The summed E-state index contributed by atoms with van der Waals surface area (Å²) in [7, 11) is 0. The molecule has 2 aromatic rings. The summed E-state index contributed by atoms with van der Waals surface area (Å²) in [4.78, 5) is 26.1. The van der Waals surface area contributed by atoms with Gasteiger partial charge in [-0.1, -0.05) is 63.6 Å². The minimum atomic E-state index is -0.515. The Kier molecular flexibility index (Phi) is 10.5. The van der Waals surface area contributed by atoms with Crippen molar-refractivity contribution >= 4 is 17.5 Å². The molecule has 8 nitrogen and oxygen atoms in total. The van der Waals surface area contributed by atoms with Crippen LogP contribution in [0.5, 0.6) is 0 Å². The topological polar surface area (TPSA) is 100 Å². The third kappa shape index (κ3) is 8.68.